The van der Waals surface area contributed by atoms with Crippen LogP contribution in [0.1, 0.15) is 36.8 Å². The van der Waals surface area contributed by atoms with Gasteiger partial charge in [0.1, 0.15) is 11.5 Å². The van der Waals surface area contributed by atoms with Crippen molar-refractivity contribution in [2.24, 2.45) is 7.05 Å². The van der Waals surface area contributed by atoms with Crippen LogP contribution in [-0.2, 0) is 12.5 Å². The Labute approximate surface area is 129 Å². The van der Waals surface area contributed by atoms with Gasteiger partial charge >= 0.3 is 5.97 Å². The Balaban J connectivity index is 2.66. The van der Waals surface area contributed by atoms with Gasteiger partial charge in [-0.1, -0.05) is 20.8 Å². The smallest absolute Gasteiger partial charge is 0.356 e. The number of phenolic OH excluding ortho intramolecular Hbond substituents is 1. The third-order valence-electron chi connectivity index (χ3n) is 3.50. The number of methoxy groups -OCH3 is 1. The third-order valence-corrected chi connectivity index (χ3v) is 3.50. The Morgan fingerprint density at radius 2 is 1.91 bits per heavy atom. The van der Waals surface area contributed by atoms with Crippen molar-refractivity contribution in [3.63, 3.8) is 0 Å². The molecule has 0 atom stereocenters. The van der Waals surface area contributed by atoms with Gasteiger partial charge in [-0.25, -0.2) is 4.79 Å². The van der Waals surface area contributed by atoms with Gasteiger partial charge in [0.15, 0.2) is 5.69 Å². The van der Waals surface area contributed by atoms with Gasteiger partial charge in [0.05, 0.1) is 12.8 Å². The number of ether oxygens (including phenoxy) is 1. The molecule has 2 N–H and O–H groups in total. The van der Waals surface area contributed by atoms with Crippen molar-refractivity contribution in [3.8, 4) is 22.8 Å². The summed E-state index contributed by atoms with van der Waals surface area (Å²) in [4.78, 5) is 11.0. The van der Waals surface area contributed by atoms with Crippen LogP contribution < -0.4 is 4.74 Å². The highest BCUT2D eigenvalue weighted by molar-refractivity contribution is 5.87. The van der Waals surface area contributed by atoms with Crippen LogP contribution in [0.25, 0.3) is 11.3 Å². The number of carboxylic acids is 1. The Morgan fingerprint density at radius 1 is 1.27 bits per heavy atom. The van der Waals surface area contributed by atoms with Crippen molar-refractivity contribution in [1.29, 1.82) is 0 Å². The van der Waals surface area contributed by atoms with Crippen LogP contribution in [0.4, 0.5) is 0 Å². The summed E-state index contributed by atoms with van der Waals surface area (Å²) in [6.07, 6.45) is 0. The minimum atomic E-state index is -1.10. The lowest BCUT2D eigenvalue weighted by Gasteiger charge is -2.22. The molecule has 1 aromatic heterocycles. The molecule has 2 aromatic rings. The second-order valence-corrected chi connectivity index (χ2v) is 6.16. The summed E-state index contributed by atoms with van der Waals surface area (Å²) in [6.45, 7) is 5.98. The van der Waals surface area contributed by atoms with Crippen molar-refractivity contribution < 1.29 is 19.7 Å². The molecule has 6 nitrogen and oxygen atoms in total. The molecular formula is C16H20N2O4. The lowest BCUT2D eigenvalue weighted by atomic mass is 9.85. The normalized spacial score (nSPS) is 11.5. The summed E-state index contributed by atoms with van der Waals surface area (Å²) in [5, 5.41) is 23.3. The van der Waals surface area contributed by atoms with Crippen LogP contribution in [0.15, 0.2) is 18.2 Å². The summed E-state index contributed by atoms with van der Waals surface area (Å²) in [5.74, 6) is -0.402. The number of aromatic nitrogens is 2. The zero-order chi connectivity index (χ0) is 16.7. The number of aromatic carboxylic acids is 1. The summed E-state index contributed by atoms with van der Waals surface area (Å²) >= 11 is 0. The molecule has 118 valence electrons. The predicted octanol–water partition coefficient (Wildman–Crippen LogP) is 2.80. The minimum Gasteiger partial charge on any atom is -0.508 e. The maximum absolute atomic E-state index is 11.0. The second-order valence-electron chi connectivity index (χ2n) is 6.16. The van der Waals surface area contributed by atoms with Crippen molar-refractivity contribution >= 4 is 5.97 Å². The van der Waals surface area contributed by atoms with E-state index in [0.29, 0.717) is 17.0 Å². The highest BCUT2D eigenvalue weighted by atomic mass is 16.5. The number of carbonyl (C=O) groups is 1. The van der Waals surface area contributed by atoms with E-state index in [-0.39, 0.29) is 16.9 Å². The average molecular weight is 304 g/mol. The van der Waals surface area contributed by atoms with E-state index in [4.69, 9.17) is 9.84 Å². The molecule has 0 saturated carbocycles. The SMILES string of the molecule is COc1cc(C(C)(C)C)c(O)cc1-c1cc(C(=O)O)nn1C. The molecule has 6 heteroatoms. The van der Waals surface area contributed by atoms with Crippen LogP contribution in [0, 0.1) is 0 Å². The number of nitrogens with zero attached hydrogens (tertiary/aromatic N) is 2. The largest absolute Gasteiger partial charge is 0.508 e. The first kappa shape index (κ1) is 15.9. The fraction of sp³-hybridized carbons (Fsp3) is 0.375. The highest BCUT2D eigenvalue weighted by Gasteiger charge is 2.23. The van der Waals surface area contributed by atoms with E-state index in [9.17, 15) is 9.90 Å². The Morgan fingerprint density at radius 3 is 2.36 bits per heavy atom. The molecule has 0 unspecified atom stereocenters. The number of carboxylic acid groups (broad SMARTS) is 1. The van der Waals surface area contributed by atoms with Crippen molar-refractivity contribution in [3.05, 3.63) is 29.5 Å². The zero-order valence-electron chi connectivity index (χ0n) is 13.3. The number of phenols is 1. The van der Waals surface area contributed by atoms with Crippen LogP contribution in [0.3, 0.4) is 0 Å². The molecule has 2 rings (SSSR count). The van der Waals surface area contributed by atoms with E-state index >= 15 is 0 Å². The molecule has 1 aromatic carbocycles. The van der Waals surface area contributed by atoms with Gasteiger partial charge < -0.3 is 14.9 Å². The fourth-order valence-electron chi connectivity index (χ4n) is 2.36. The fourth-order valence-corrected chi connectivity index (χ4v) is 2.36. The van der Waals surface area contributed by atoms with Crippen molar-refractivity contribution in [2.75, 3.05) is 7.11 Å². The predicted molar refractivity (Wildman–Crippen MR) is 82.5 cm³/mol. The molecule has 0 bridgehead atoms. The lowest BCUT2D eigenvalue weighted by molar-refractivity contribution is 0.0689. The lowest BCUT2D eigenvalue weighted by Crippen LogP contribution is -2.12. The topological polar surface area (TPSA) is 84.6 Å². The molecular weight excluding hydrogens is 284 g/mol. The van der Waals surface area contributed by atoms with Crippen LogP contribution in [0.5, 0.6) is 11.5 Å². The van der Waals surface area contributed by atoms with Gasteiger partial charge in [0, 0.05) is 18.2 Å². The van der Waals surface area contributed by atoms with Crippen molar-refractivity contribution in [1.82, 2.24) is 9.78 Å². The number of rotatable bonds is 3. The summed E-state index contributed by atoms with van der Waals surface area (Å²) in [5.41, 5.74) is 1.61. The first-order valence-corrected chi connectivity index (χ1v) is 6.84. The van der Waals surface area contributed by atoms with Gasteiger partial charge in [0.25, 0.3) is 0 Å². The maximum atomic E-state index is 11.0. The van der Waals surface area contributed by atoms with Gasteiger partial charge in [-0.05, 0) is 23.6 Å². The number of hydrogen-bond donors (Lipinski definition) is 2. The quantitative estimate of drug-likeness (QED) is 0.911. The molecule has 0 amide bonds. The molecule has 0 radical (unpaired) electrons. The average Bonchev–Trinajstić information content (AvgIpc) is 2.79. The van der Waals surface area contributed by atoms with Gasteiger partial charge in [0.2, 0.25) is 0 Å². The second kappa shape index (κ2) is 5.36. The van der Waals surface area contributed by atoms with E-state index in [0.717, 1.165) is 5.56 Å². The van der Waals surface area contributed by atoms with E-state index in [2.05, 4.69) is 5.10 Å². The molecule has 1 heterocycles. The molecule has 0 aliphatic heterocycles. The summed E-state index contributed by atoms with van der Waals surface area (Å²) in [6, 6.07) is 4.82. The highest BCUT2D eigenvalue weighted by Crippen LogP contribution is 2.40. The van der Waals surface area contributed by atoms with Gasteiger partial charge in [-0.15, -0.1) is 0 Å². The number of aryl methyl sites for hydroxylation is 1. The van der Waals surface area contributed by atoms with Gasteiger partial charge in [-0.2, -0.15) is 5.10 Å². The molecule has 0 fully saturated rings. The first-order chi connectivity index (χ1) is 10.1. The van der Waals surface area contributed by atoms with E-state index in [1.165, 1.54) is 17.9 Å². The Kier molecular flexibility index (Phi) is 3.87. The Bertz CT molecular complexity index is 726. The summed E-state index contributed by atoms with van der Waals surface area (Å²) in [7, 11) is 3.19. The zero-order valence-corrected chi connectivity index (χ0v) is 13.3. The van der Waals surface area contributed by atoms with Crippen molar-refractivity contribution in [2.45, 2.75) is 26.2 Å². The number of benzene rings is 1. The maximum Gasteiger partial charge on any atom is 0.356 e. The Hall–Kier alpha value is -2.50. The van der Waals surface area contributed by atoms with E-state index < -0.39 is 5.97 Å². The standard InChI is InChI=1S/C16H20N2O4/c1-16(2,3)10-7-14(22-5)9(6-13(10)19)12-8-11(15(20)21)17-18(12)4/h6-8,19H,1-5H3,(H,20,21). The third kappa shape index (κ3) is 2.77. The van der Waals surface area contributed by atoms with Crippen LogP contribution in [-0.4, -0.2) is 33.1 Å². The van der Waals surface area contributed by atoms with Crippen LogP contribution in [0.2, 0.25) is 0 Å². The van der Waals surface area contributed by atoms with E-state index in [1.807, 2.05) is 20.8 Å². The minimum absolute atomic E-state index is 0.0565. The summed E-state index contributed by atoms with van der Waals surface area (Å²) < 4.78 is 6.87. The molecule has 0 spiro atoms. The number of hydrogen-bond acceptors (Lipinski definition) is 4. The molecule has 0 aliphatic carbocycles. The van der Waals surface area contributed by atoms with Gasteiger partial charge in [-0.3, -0.25) is 4.68 Å². The molecule has 0 saturated heterocycles. The molecule has 22 heavy (non-hydrogen) atoms. The molecule has 0 aliphatic rings. The first-order valence-electron chi connectivity index (χ1n) is 6.84. The monoisotopic (exact) mass is 304 g/mol. The van der Waals surface area contributed by atoms with E-state index in [1.54, 1.807) is 19.2 Å². The van der Waals surface area contributed by atoms with Crippen LogP contribution >= 0.6 is 0 Å². The number of aromatic hydroxyl groups is 1.